The lowest BCUT2D eigenvalue weighted by molar-refractivity contribution is -0.915. The van der Waals surface area contributed by atoms with Crippen LogP contribution < -0.4 is 29.3 Å². The molecule has 0 aromatic heterocycles. The SMILES string of the molecule is CCCCCC[N+]1(CCNC(=O)CC[C@@H](C)[C@H]2CC[C@H]3[C@@H]4CCC5CCCC[C@]5(C)[C@H]4CC[C@]23C)CCCC1.[I-]. The lowest BCUT2D eigenvalue weighted by Crippen LogP contribution is -3.00. The maximum absolute atomic E-state index is 12.9. The molecule has 1 amide bonds. The van der Waals surface area contributed by atoms with Gasteiger partial charge in [-0.25, -0.2) is 0 Å². The van der Waals surface area contributed by atoms with Gasteiger partial charge in [0.15, 0.2) is 0 Å². The molecule has 1 aliphatic heterocycles. The Hall–Kier alpha value is 0.160. The normalized spacial score (nSPS) is 39.0. The molecule has 1 unspecified atom stereocenters. The first-order valence-corrected chi connectivity index (χ1v) is 17.9. The summed E-state index contributed by atoms with van der Waals surface area (Å²) in [6.45, 7) is 16.2. The number of nitrogens with one attached hydrogen (secondary N) is 1. The third-order valence-corrected chi connectivity index (χ3v) is 14.1. The Bertz CT molecular complexity index is 811. The predicted octanol–water partition coefficient (Wildman–Crippen LogP) is 5.76. The number of quaternary nitrogens is 1. The molecular formula is C36H65IN2O. The topological polar surface area (TPSA) is 29.1 Å². The Morgan fingerprint density at radius 2 is 1.62 bits per heavy atom. The maximum Gasteiger partial charge on any atom is 0.220 e. The van der Waals surface area contributed by atoms with Gasteiger partial charge < -0.3 is 33.8 Å². The molecule has 0 aromatic carbocycles. The predicted molar refractivity (Wildman–Crippen MR) is 164 cm³/mol. The summed E-state index contributed by atoms with van der Waals surface area (Å²) in [7, 11) is 0. The van der Waals surface area contributed by atoms with Crippen LogP contribution in [0.1, 0.15) is 143 Å². The summed E-state index contributed by atoms with van der Waals surface area (Å²) < 4.78 is 1.27. The molecule has 1 N–H and O–H groups in total. The van der Waals surface area contributed by atoms with E-state index in [1.807, 2.05) is 0 Å². The van der Waals surface area contributed by atoms with Gasteiger partial charge in [-0.15, -0.1) is 0 Å². The fraction of sp³-hybridized carbons (Fsp3) is 0.972. The highest BCUT2D eigenvalue weighted by Crippen LogP contribution is 2.68. The second-order valence-corrected chi connectivity index (χ2v) is 16.0. The van der Waals surface area contributed by atoms with Gasteiger partial charge >= 0.3 is 0 Å². The van der Waals surface area contributed by atoms with E-state index in [1.165, 1.54) is 127 Å². The zero-order valence-corrected chi connectivity index (χ0v) is 29.1. The maximum atomic E-state index is 12.9. The number of hydrogen-bond donors (Lipinski definition) is 1. The summed E-state index contributed by atoms with van der Waals surface area (Å²) in [5.41, 5.74) is 1.18. The van der Waals surface area contributed by atoms with Crippen LogP contribution in [0.3, 0.4) is 0 Å². The highest BCUT2D eigenvalue weighted by molar-refractivity contribution is 5.75. The third-order valence-electron chi connectivity index (χ3n) is 14.1. The lowest BCUT2D eigenvalue weighted by Gasteiger charge is -2.61. The first kappa shape index (κ1) is 33.1. The third kappa shape index (κ3) is 6.78. The number of carbonyl (C=O) groups is 1. The molecule has 5 fully saturated rings. The van der Waals surface area contributed by atoms with Gasteiger partial charge in [0.2, 0.25) is 5.91 Å². The summed E-state index contributed by atoms with van der Waals surface area (Å²) in [6.07, 6.45) is 24.9. The lowest BCUT2D eigenvalue weighted by atomic mass is 9.44. The van der Waals surface area contributed by atoms with Gasteiger partial charge in [-0.1, -0.05) is 53.4 Å². The van der Waals surface area contributed by atoms with Crippen molar-refractivity contribution in [3.05, 3.63) is 0 Å². The Labute approximate surface area is 265 Å². The van der Waals surface area contributed by atoms with Crippen molar-refractivity contribution >= 4 is 5.91 Å². The standard InChI is InChI=1S/C36H64N2O.HI/c1-5-6-7-10-24-38(25-11-12-26-38)27-23-37-34(39)19-14-28(2)31-17-18-32-30-16-15-29-13-8-9-21-35(29,3)33(30)20-22-36(31,32)4;/h28-33H,5-27H2,1-4H3;1H/t28-,29?,30+,31-,32+,33+,35+,36-;/m1./s1. The van der Waals surface area contributed by atoms with E-state index < -0.39 is 0 Å². The van der Waals surface area contributed by atoms with Crippen LogP contribution in [-0.2, 0) is 4.79 Å². The summed E-state index contributed by atoms with van der Waals surface area (Å²) in [4.78, 5) is 12.9. The van der Waals surface area contributed by atoms with E-state index >= 15 is 0 Å². The average molecular weight is 669 g/mol. The molecule has 1 saturated heterocycles. The number of unbranched alkanes of at least 4 members (excludes halogenated alkanes) is 3. The van der Waals surface area contributed by atoms with E-state index in [9.17, 15) is 4.79 Å². The molecule has 4 aliphatic carbocycles. The smallest absolute Gasteiger partial charge is 0.220 e. The Morgan fingerprint density at radius 1 is 0.850 bits per heavy atom. The van der Waals surface area contributed by atoms with Crippen molar-refractivity contribution in [1.82, 2.24) is 5.32 Å². The number of rotatable bonds is 12. The fourth-order valence-electron chi connectivity index (χ4n) is 11.8. The van der Waals surface area contributed by atoms with Crippen molar-refractivity contribution in [3.63, 3.8) is 0 Å². The van der Waals surface area contributed by atoms with Crippen molar-refractivity contribution in [3.8, 4) is 0 Å². The van der Waals surface area contributed by atoms with Crippen LogP contribution in [0.2, 0.25) is 0 Å². The van der Waals surface area contributed by atoms with Crippen molar-refractivity contribution in [1.29, 1.82) is 0 Å². The molecule has 5 aliphatic rings. The number of likely N-dealkylation sites (tertiary alicyclic amines) is 1. The molecule has 4 saturated carbocycles. The van der Waals surface area contributed by atoms with Gasteiger partial charge in [0.25, 0.3) is 0 Å². The molecule has 4 heteroatoms. The van der Waals surface area contributed by atoms with Crippen molar-refractivity contribution in [2.24, 2.45) is 46.3 Å². The van der Waals surface area contributed by atoms with Crippen LogP contribution in [0.15, 0.2) is 0 Å². The van der Waals surface area contributed by atoms with Crippen molar-refractivity contribution < 1.29 is 33.3 Å². The molecule has 0 aromatic rings. The van der Waals surface area contributed by atoms with Crippen LogP contribution in [0.4, 0.5) is 0 Å². The van der Waals surface area contributed by atoms with E-state index in [0.717, 1.165) is 55.5 Å². The van der Waals surface area contributed by atoms with Crippen LogP contribution in [0.5, 0.6) is 0 Å². The quantitative estimate of drug-likeness (QED) is 0.160. The largest absolute Gasteiger partial charge is 1.00 e. The van der Waals surface area contributed by atoms with Crippen LogP contribution in [0.25, 0.3) is 0 Å². The van der Waals surface area contributed by atoms with Crippen molar-refractivity contribution in [2.45, 2.75) is 143 Å². The van der Waals surface area contributed by atoms with Gasteiger partial charge in [-0.2, -0.15) is 0 Å². The molecular weight excluding hydrogens is 603 g/mol. The van der Waals surface area contributed by atoms with E-state index in [4.69, 9.17) is 0 Å². The van der Waals surface area contributed by atoms with Gasteiger partial charge in [-0.05, 0) is 117 Å². The number of fused-ring (bicyclic) bond motifs is 5. The number of amides is 1. The average Bonchev–Trinajstić information content (AvgIpc) is 3.54. The monoisotopic (exact) mass is 668 g/mol. The van der Waals surface area contributed by atoms with Crippen LogP contribution in [-0.4, -0.2) is 43.1 Å². The Balaban J connectivity index is 0.00000370. The fourth-order valence-corrected chi connectivity index (χ4v) is 11.8. The zero-order chi connectivity index (χ0) is 27.5. The minimum absolute atomic E-state index is 0. The van der Waals surface area contributed by atoms with Crippen LogP contribution >= 0.6 is 0 Å². The molecule has 8 atom stereocenters. The summed E-state index contributed by atoms with van der Waals surface area (Å²) in [5.74, 6) is 5.80. The molecule has 40 heavy (non-hydrogen) atoms. The minimum atomic E-state index is 0. The van der Waals surface area contributed by atoms with E-state index in [0.29, 0.717) is 22.7 Å². The summed E-state index contributed by atoms with van der Waals surface area (Å²) in [6, 6.07) is 0. The molecule has 0 bridgehead atoms. The van der Waals surface area contributed by atoms with Crippen molar-refractivity contribution in [2.75, 3.05) is 32.7 Å². The Kier molecular flexibility index (Phi) is 11.8. The second kappa shape index (κ2) is 14.3. The van der Waals surface area contributed by atoms with E-state index in [1.54, 1.807) is 0 Å². The Morgan fingerprint density at radius 3 is 2.40 bits per heavy atom. The number of hydrogen-bond acceptors (Lipinski definition) is 1. The number of nitrogens with zero attached hydrogens (tertiary/aromatic N) is 1. The molecule has 0 spiro atoms. The van der Waals surface area contributed by atoms with Gasteiger partial charge in [0.05, 0.1) is 32.7 Å². The first-order chi connectivity index (χ1) is 18.8. The minimum Gasteiger partial charge on any atom is -1.00 e. The molecule has 5 rings (SSSR count). The number of halogens is 1. The molecule has 0 radical (unpaired) electrons. The van der Waals surface area contributed by atoms with Gasteiger partial charge in [0.1, 0.15) is 0 Å². The molecule has 232 valence electrons. The van der Waals surface area contributed by atoms with Crippen LogP contribution in [0, 0.1) is 46.3 Å². The van der Waals surface area contributed by atoms with Gasteiger partial charge in [-0.3, -0.25) is 4.79 Å². The van der Waals surface area contributed by atoms with E-state index in [-0.39, 0.29) is 24.0 Å². The molecule has 3 nitrogen and oxygen atoms in total. The highest BCUT2D eigenvalue weighted by atomic mass is 127. The number of carbonyl (C=O) groups excluding carboxylic acids is 1. The highest BCUT2D eigenvalue weighted by Gasteiger charge is 2.60. The summed E-state index contributed by atoms with van der Waals surface area (Å²) >= 11 is 0. The van der Waals surface area contributed by atoms with E-state index in [2.05, 4.69) is 33.0 Å². The summed E-state index contributed by atoms with van der Waals surface area (Å²) in [5, 5.41) is 3.36. The second-order valence-electron chi connectivity index (χ2n) is 16.0. The molecule has 1 heterocycles. The first-order valence-electron chi connectivity index (χ1n) is 17.9. The zero-order valence-electron chi connectivity index (χ0n) is 27.0. The van der Waals surface area contributed by atoms with Gasteiger partial charge in [0, 0.05) is 19.3 Å².